The van der Waals surface area contributed by atoms with E-state index in [9.17, 15) is 4.79 Å². The highest BCUT2D eigenvalue weighted by atomic mass is 35.5. The minimum absolute atomic E-state index is 0.0177. The monoisotopic (exact) mass is 329 g/mol. The number of nitrogens with zero attached hydrogens (tertiary/aromatic N) is 2. The molecular formula is C17H16ClN3O2. The van der Waals surface area contributed by atoms with Crippen LogP contribution in [0, 0.1) is 0 Å². The van der Waals surface area contributed by atoms with Crippen molar-refractivity contribution in [1.82, 2.24) is 15.1 Å². The molecule has 0 fully saturated rings. The lowest BCUT2D eigenvalue weighted by Crippen LogP contribution is -2.31. The first kappa shape index (κ1) is 15.4. The Labute approximate surface area is 138 Å². The summed E-state index contributed by atoms with van der Waals surface area (Å²) in [4.78, 5) is 12.5. The van der Waals surface area contributed by atoms with E-state index in [1.54, 1.807) is 30.5 Å². The molecule has 118 valence electrons. The number of aromatic nitrogens is 2. The molecule has 0 saturated carbocycles. The van der Waals surface area contributed by atoms with Crippen LogP contribution in [-0.4, -0.2) is 21.7 Å². The number of nitrogens with one attached hydrogen (secondary N) is 1. The van der Waals surface area contributed by atoms with Crippen LogP contribution in [0.3, 0.4) is 0 Å². The van der Waals surface area contributed by atoms with Gasteiger partial charge in [0, 0.05) is 12.1 Å². The summed E-state index contributed by atoms with van der Waals surface area (Å²) in [6.45, 7) is 3.81. The molecule has 0 bridgehead atoms. The minimum Gasteiger partial charge on any atom is -0.463 e. The summed E-state index contributed by atoms with van der Waals surface area (Å²) in [5.41, 5.74) is 1.61. The zero-order valence-corrected chi connectivity index (χ0v) is 13.5. The molecule has 0 aliphatic heterocycles. The number of carbonyl (C=O) groups excluding carboxylic acids is 1. The summed E-state index contributed by atoms with van der Waals surface area (Å²) in [6.07, 6.45) is 1.57. The third-order valence-electron chi connectivity index (χ3n) is 3.22. The van der Waals surface area contributed by atoms with Crippen molar-refractivity contribution in [3.05, 3.63) is 59.4 Å². The molecule has 2 aromatic heterocycles. The average molecular weight is 330 g/mol. The molecule has 0 atom stereocenters. The second-order valence-electron chi connectivity index (χ2n) is 5.38. The molecule has 0 radical (unpaired) electrons. The summed E-state index contributed by atoms with van der Waals surface area (Å²) in [5.74, 6) is 0.375. The summed E-state index contributed by atoms with van der Waals surface area (Å²) in [6, 6.07) is 12.5. The smallest absolute Gasteiger partial charge is 0.270 e. The summed E-state index contributed by atoms with van der Waals surface area (Å²) < 4.78 is 6.91. The largest absolute Gasteiger partial charge is 0.463 e. The lowest BCUT2D eigenvalue weighted by Gasteiger charge is -2.11. The molecule has 6 heteroatoms. The quantitative estimate of drug-likeness (QED) is 0.789. The zero-order chi connectivity index (χ0) is 16.4. The Morgan fingerprint density at radius 3 is 2.70 bits per heavy atom. The Hall–Kier alpha value is -2.53. The van der Waals surface area contributed by atoms with E-state index in [1.165, 1.54) is 4.68 Å². The fourth-order valence-electron chi connectivity index (χ4n) is 2.23. The van der Waals surface area contributed by atoms with Gasteiger partial charge in [-0.3, -0.25) is 4.79 Å². The van der Waals surface area contributed by atoms with Crippen LogP contribution in [0.1, 0.15) is 24.3 Å². The van der Waals surface area contributed by atoms with Gasteiger partial charge < -0.3 is 9.73 Å². The fourth-order valence-corrected chi connectivity index (χ4v) is 2.45. The number of para-hydroxylation sites is 1. The van der Waals surface area contributed by atoms with E-state index in [1.807, 2.05) is 32.0 Å². The maximum Gasteiger partial charge on any atom is 0.270 e. The Bertz CT molecular complexity index is 822. The number of rotatable bonds is 4. The first-order valence-corrected chi connectivity index (χ1v) is 7.64. The minimum atomic E-state index is -0.217. The first-order chi connectivity index (χ1) is 11.1. The summed E-state index contributed by atoms with van der Waals surface area (Å²) in [7, 11) is 0. The summed E-state index contributed by atoms with van der Waals surface area (Å²) >= 11 is 6.26. The highest BCUT2D eigenvalue weighted by Crippen LogP contribution is 2.25. The van der Waals surface area contributed by atoms with E-state index in [-0.39, 0.29) is 11.9 Å². The van der Waals surface area contributed by atoms with Crippen LogP contribution in [0.25, 0.3) is 17.1 Å². The van der Waals surface area contributed by atoms with Gasteiger partial charge in [0.2, 0.25) is 0 Å². The molecule has 0 saturated heterocycles. The Morgan fingerprint density at radius 2 is 2.04 bits per heavy atom. The van der Waals surface area contributed by atoms with Gasteiger partial charge in [-0.1, -0.05) is 23.7 Å². The second-order valence-corrected chi connectivity index (χ2v) is 5.79. The molecule has 3 aromatic rings. The fraction of sp³-hybridized carbons (Fsp3) is 0.176. The van der Waals surface area contributed by atoms with Gasteiger partial charge in [0.25, 0.3) is 5.91 Å². The number of furan rings is 1. The number of amides is 1. The number of benzene rings is 1. The topological polar surface area (TPSA) is 60.1 Å². The van der Waals surface area contributed by atoms with Crippen molar-refractivity contribution in [3.8, 4) is 17.1 Å². The number of carbonyl (C=O) groups is 1. The van der Waals surface area contributed by atoms with Crippen molar-refractivity contribution < 1.29 is 9.21 Å². The van der Waals surface area contributed by atoms with Crippen molar-refractivity contribution in [3.63, 3.8) is 0 Å². The van der Waals surface area contributed by atoms with Gasteiger partial charge >= 0.3 is 0 Å². The molecular weight excluding hydrogens is 314 g/mol. The van der Waals surface area contributed by atoms with E-state index in [0.717, 1.165) is 0 Å². The molecule has 0 aliphatic carbocycles. The van der Waals surface area contributed by atoms with Crippen molar-refractivity contribution in [2.24, 2.45) is 0 Å². The second kappa shape index (κ2) is 6.30. The standard InChI is InChI=1S/C17H16ClN3O2/c1-11(2)19-17(22)15-10-13(16-8-5-9-23-16)20-21(15)14-7-4-3-6-12(14)18/h3-11H,1-2H3,(H,19,22). The van der Waals surface area contributed by atoms with Crippen LogP contribution in [0.15, 0.2) is 53.1 Å². The van der Waals surface area contributed by atoms with Gasteiger partial charge in [-0.15, -0.1) is 0 Å². The van der Waals surface area contributed by atoms with Gasteiger partial charge in [-0.05, 0) is 38.1 Å². The Morgan fingerprint density at radius 1 is 1.26 bits per heavy atom. The van der Waals surface area contributed by atoms with Crippen molar-refractivity contribution >= 4 is 17.5 Å². The van der Waals surface area contributed by atoms with Crippen LogP contribution in [-0.2, 0) is 0 Å². The maximum absolute atomic E-state index is 12.5. The molecule has 1 amide bonds. The van der Waals surface area contributed by atoms with Crippen molar-refractivity contribution in [2.75, 3.05) is 0 Å². The lowest BCUT2D eigenvalue weighted by molar-refractivity contribution is 0.0935. The zero-order valence-electron chi connectivity index (χ0n) is 12.8. The van der Waals surface area contributed by atoms with Crippen molar-refractivity contribution in [1.29, 1.82) is 0 Å². The molecule has 0 aliphatic rings. The highest BCUT2D eigenvalue weighted by Gasteiger charge is 2.20. The SMILES string of the molecule is CC(C)NC(=O)c1cc(-c2ccco2)nn1-c1ccccc1Cl. The van der Waals surface area contributed by atoms with Gasteiger partial charge in [0.05, 0.1) is 17.0 Å². The van der Waals surface area contributed by atoms with E-state index in [0.29, 0.717) is 27.9 Å². The number of hydrogen-bond donors (Lipinski definition) is 1. The molecule has 3 rings (SSSR count). The maximum atomic E-state index is 12.5. The lowest BCUT2D eigenvalue weighted by atomic mass is 10.2. The number of halogens is 1. The molecule has 1 N–H and O–H groups in total. The van der Waals surface area contributed by atoms with Crippen LogP contribution in [0.5, 0.6) is 0 Å². The predicted octanol–water partition coefficient (Wildman–Crippen LogP) is 3.92. The molecule has 2 heterocycles. The van der Waals surface area contributed by atoms with Crippen LogP contribution >= 0.6 is 11.6 Å². The third kappa shape index (κ3) is 3.14. The Balaban J connectivity index is 2.13. The van der Waals surface area contributed by atoms with Gasteiger partial charge in [0.1, 0.15) is 11.4 Å². The molecule has 1 aromatic carbocycles. The van der Waals surface area contributed by atoms with Gasteiger partial charge in [0.15, 0.2) is 5.76 Å². The van der Waals surface area contributed by atoms with Crippen LogP contribution < -0.4 is 5.32 Å². The number of hydrogen-bond acceptors (Lipinski definition) is 3. The first-order valence-electron chi connectivity index (χ1n) is 7.26. The van der Waals surface area contributed by atoms with E-state index in [2.05, 4.69) is 10.4 Å². The van der Waals surface area contributed by atoms with Crippen LogP contribution in [0.4, 0.5) is 0 Å². The van der Waals surface area contributed by atoms with Crippen molar-refractivity contribution in [2.45, 2.75) is 19.9 Å². The third-order valence-corrected chi connectivity index (χ3v) is 3.54. The van der Waals surface area contributed by atoms with Gasteiger partial charge in [-0.2, -0.15) is 5.10 Å². The average Bonchev–Trinajstić information content (AvgIpc) is 3.16. The normalized spacial score (nSPS) is 11.0. The molecule has 0 unspecified atom stereocenters. The molecule has 0 spiro atoms. The van der Waals surface area contributed by atoms with E-state index < -0.39 is 0 Å². The van der Waals surface area contributed by atoms with E-state index >= 15 is 0 Å². The van der Waals surface area contributed by atoms with E-state index in [4.69, 9.17) is 16.0 Å². The van der Waals surface area contributed by atoms with Gasteiger partial charge in [-0.25, -0.2) is 4.68 Å². The Kier molecular flexibility index (Phi) is 4.21. The molecule has 5 nitrogen and oxygen atoms in total. The summed E-state index contributed by atoms with van der Waals surface area (Å²) in [5, 5.41) is 7.88. The highest BCUT2D eigenvalue weighted by molar-refractivity contribution is 6.32. The molecule has 23 heavy (non-hydrogen) atoms. The predicted molar refractivity (Wildman–Crippen MR) is 88.9 cm³/mol. The van der Waals surface area contributed by atoms with Crippen LogP contribution in [0.2, 0.25) is 5.02 Å².